The highest BCUT2D eigenvalue weighted by atomic mass is 28.4. The molecule has 0 aliphatic carbocycles. The minimum Gasteiger partial charge on any atom is -0.467 e. The van der Waals surface area contributed by atoms with Gasteiger partial charge in [0.2, 0.25) is 0 Å². The molecule has 0 bridgehead atoms. The van der Waals surface area contributed by atoms with Gasteiger partial charge in [0.1, 0.15) is 11.6 Å². The number of esters is 1. The van der Waals surface area contributed by atoms with Crippen molar-refractivity contribution in [1.29, 1.82) is 0 Å². The van der Waals surface area contributed by atoms with Crippen molar-refractivity contribution in [3.05, 3.63) is 39.9 Å². The first-order chi connectivity index (χ1) is 12.9. The standard InChI is InChI=1S/C19H28N2O6Si/c1-19(2,3)28(5,6)27-13-11-16(18(23)26-4)20(12-13)17(22)14-9-7-8-10-15(14)21(24)25/h7-10,13,16H,11-12H2,1-6H3/t13-,16+/m1/s1. The molecule has 2 rings (SSSR count). The molecule has 0 unspecified atom stereocenters. The molecule has 28 heavy (non-hydrogen) atoms. The topological polar surface area (TPSA) is 99.0 Å². The van der Waals surface area contributed by atoms with E-state index in [0.29, 0.717) is 6.42 Å². The van der Waals surface area contributed by atoms with Gasteiger partial charge in [0.05, 0.1) is 18.1 Å². The molecule has 1 aromatic rings. The van der Waals surface area contributed by atoms with Crippen LogP contribution in [0.5, 0.6) is 0 Å². The Morgan fingerprint density at radius 1 is 1.25 bits per heavy atom. The van der Waals surface area contributed by atoms with Crippen LogP contribution in [0, 0.1) is 10.1 Å². The fourth-order valence-electron chi connectivity index (χ4n) is 3.03. The molecule has 0 spiro atoms. The van der Waals surface area contributed by atoms with Gasteiger partial charge in [0.25, 0.3) is 11.6 Å². The quantitative estimate of drug-likeness (QED) is 0.321. The molecule has 1 saturated heterocycles. The van der Waals surface area contributed by atoms with E-state index in [9.17, 15) is 19.7 Å². The molecular weight excluding hydrogens is 380 g/mol. The Morgan fingerprint density at radius 2 is 1.86 bits per heavy atom. The van der Waals surface area contributed by atoms with Gasteiger partial charge in [-0.15, -0.1) is 0 Å². The summed E-state index contributed by atoms with van der Waals surface area (Å²) in [6.07, 6.45) is -0.0114. The number of nitro benzene ring substituents is 1. The van der Waals surface area contributed by atoms with E-state index in [1.807, 2.05) is 0 Å². The number of carbonyl (C=O) groups excluding carboxylic acids is 2. The monoisotopic (exact) mass is 408 g/mol. The van der Waals surface area contributed by atoms with Gasteiger partial charge < -0.3 is 14.1 Å². The summed E-state index contributed by atoms with van der Waals surface area (Å²) in [5.74, 6) is -1.11. The molecule has 1 aliphatic rings. The Bertz CT molecular complexity index is 774. The van der Waals surface area contributed by atoms with Gasteiger partial charge in [-0.25, -0.2) is 4.79 Å². The van der Waals surface area contributed by atoms with E-state index < -0.39 is 31.2 Å². The lowest BCUT2D eigenvalue weighted by Gasteiger charge is -2.38. The number of benzene rings is 1. The fraction of sp³-hybridized carbons (Fsp3) is 0.579. The predicted octanol–water partition coefficient (Wildman–Crippen LogP) is 3.37. The lowest BCUT2D eigenvalue weighted by Crippen LogP contribution is -2.45. The summed E-state index contributed by atoms with van der Waals surface area (Å²) in [5.41, 5.74) is -0.334. The molecular formula is C19H28N2O6Si. The highest BCUT2D eigenvalue weighted by Crippen LogP contribution is 2.39. The number of likely N-dealkylation sites (tertiary alicyclic amines) is 1. The lowest BCUT2D eigenvalue weighted by molar-refractivity contribution is -0.385. The van der Waals surface area contributed by atoms with Crippen molar-refractivity contribution in [1.82, 2.24) is 4.90 Å². The Kier molecular flexibility index (Phi) is 6.30. The first-order valence-electron chi connectivity index (χ1n) is 9.19. The highest BCUT2D eigenvalue weighted by molar-refractivity contribution is 6.74. The second-order valence-electron chi connectivity index (χ2n) is 8.51. The number of nitrogens with zero attached hydrogens (tertiary/aromatic N) is 2. The molecule has 2 atom stereocenters. The van der Waals surface area contributed by atoms with Crippen LogP contribution in [0.2, 0.25) is 18.1 Å². The van der Waals surface area contributed by atoms with E-state index >= 15 is 0 Å². The van der Waals surface area contributed by atoms with Crippen molar-refractivity contribution in [3.63, 3.8) is 0 Å². The Hall–Kier alpha value is -2.26. The summed E-state index contributed by atoms with van der Waals surface area (Å²) in [6, 6.07) is 4.91. The molecule has 8 nitrogen and oxygen atoms in total. The molecule has 154 valence electrons. The summed E-state index contributed by atoms with van der Waals surface area (Å²) in [5, 5.41) is 11.3. The van der Waals surface area contributed by atoms with Gasteiger partial charge in [-0.1, -0.05) is 32.9 Å². The molecule has 1 aliphatic heterocycles. The smallest absolute Gasteiger partial charge is 0.328 e. The number of amides is 1. The molecule has 0 aromatic heterocycles. The summed E-state index contributed by atoms with van der Waals surface area (Å²) >= 11 is 0. The van der Waals surface area contributed by atoms with Crippen molar-refractivity contribution in [3.8, 4) is 0 Å². The maximum absolute atomic E-state index is 13.1. The Labute approximate surface area is 166 Å². The Morgan fingerprint density at radius 3 is 2.39 bits per heavy atom. The predicted molar refractivity (Wildman–Crippen MR) is 107 cm³/mol. The van der Waals surface area contributed by atoms with E-state index in [-0.39, 0.29) is 28.9 Å². The van der Waals surface area contributed by atoms with Crippen LogP contribution in [-0.4, -0.2) is 55.8 Å². The molecule has 0 radical (unpaired) electrons. The van der Waals surface area contributed by atoms with Crippen LogP contribution in [0.4, 0.5) is 5.69 Å². The van der Waals surface area contributed by atoms with Crippen molar-refractivity contribution < 1.29 is 23.7 Å². The average Bonchev–Trinajstić information content (AvgIpc) is 3.02. The SMILES string of the molecule is COC(=O)[C@@H]1C[C@@H](O[Si](C)(C)C(C)(C)C)CN1C(=O)c1ccccc1[N+](=O)[O-]. The minimum atomic E-state index is -2.12. The van der Waals surface area contributed by atoms with E-state index in [4.69, 9.17) is 9.16 Å². The molecule has 1 amide bonds. The van der Waals surface area contributed by atoms with Gasteiger partial charge in [-0.05, 0) is 24.2 Å². The third-order valence-electron chi connectivity index (χ3n) is 5.60. The zero-order chi connectivity index (χ0) is 21.3. The number of rotatable bonds is 5. The van der Waals surface area contributed by atoms with Crippen LogP contribution in [0.3, 0.4) is 0 Å². The van der Waals surface area contributed by atoms with Crippen molar-refractivity contribution in [2.75, 3.05) is 13.7 Å². The maximum Gasteiger partial charge on any atom is 0.328 e. The van der Waals surface area contributed by atoms with Crippen LogP contribution < -0.4 is 0 Å². The van der Waals surface area contributed by atoms with E-state index in [0.717, 1.165) is 0 Å². The van der Waals surface area contributed by atoms with Gasteiger partial charge in [0.15, 0.2) is 8.32 Å². The normalized spacial score (nSPS) is 20.1. The maximum atomic E-state index is 13.1. The summed E-state index contributed by atoms with van der Waals surface area (Å²) in [4.78, 5) is 37.4. The van der Waals surface area contributed by atoms with E-state index in [1.54, 1.807) is 6.07 Å². The first kappa shape index (κ1) is 22.0. The van der Waals surface area contributed by atoms with Crippen LogP contribution >= 0.6 is 0 Å². The third kappa shape index (κ3) is 4.41. The number of carbonyl (C=O) groups is 2. The van der Waals surface area contributed by atoms with Gasteiger partial charge in [-0.3, -0.25) is 14.9 Å². The molecule has 0 saturated carbocycles. The highest BCUT2D eigenvalue weighted by Gasteiger charge is 2.46. The number of ether oxygens (including phenoxy) is 1. The second-order valence-corrected chi connectivity index (χ2v) is 13.3. The molecule has 1 heterocycles. The van der Waals surface area contributed by atoms with Crippen LogP contribution in [0.25, 0.3) is 0 Å². The summed E-state index contributed by atoms with van der Waals surface area (Å²) < 4.78 is 11.2. The number of nitro groups is 1. The minimum absolute atomic E-state index is 0.0244. The number of methoxy groups -OCH3 is 1. The number of hydrogen-bond donors (Lipinski definition) is 0. The zero-order valence-electron chi connectivity index (χ0n) is 17.2. The number of hydrogen-bond acceptors (Lipinski definition) is 6. The van der Waals surface area contributed by atoms with Crippen LogP contribution in [0.15, 0.2) is 24.3 Å². The molecule has 9 heteroatoms. The third-order valence-corrected chi connectivity index (χ3v) is 10.1. The largest absolute Gasteiger partial charge is 0.467 e. The first-order valence-corrected chi connectivity index (χ1v) is 12.1. The van der Waals surface area contributed by atoms with Gasteiger partial charge >= 0.3 is 5.97 Å². The summed E-state index contributed by atoms with van der Waals surface area (Å²) in [6.45, 7) is 10.7. The van der Waals surface area contributed by atoms with Crippen molar-refractivity contribution >= 4 is 25.9 Å². The molecule has 0 N–H and O–H groups in total. The molecule has 1 aromatic carbocycles. The fourth-order valence-corrected chi connectivity index (χ4v) is 4.39. The van der Waals surface area contributed by atoms with E-state index in [2.05, 4.69) is 33.9 Å². The van der Waals surface area contributed by atoms with Crippen LogP contribution in [-0.2, 0) is 14.0 Å². The summed E-state index contributed by atoms with van der Waals surface area (Å²) in [7, 11) is -0.853. The zero-order valence-corrected chi connectivity index (χ0v) is 18.2. The average molecular weight is 409 g/mol. The van der Waals surface area contributed by atoms with Gasteiger partial charge in [-0.2, -0.15) is 0 Å². The second kappa shape index (κ2) is 8.00. The molecule has 1 fully saturated rings. The van der Waals surface area contributed by atoms with Crippen molar-refractivity contribution in [2.24, 2.45) is 0 Å². The Balaban J connectivity index is 2.33. The van der Waals surface area contributed by atoms with Crippen molar-refractivity contribution in [2.45, 2.75) is 57.5 Å². The number of para-hydroxylation sites is 1. The van der Waals surface area contributed by atoms with E-state index in [1.165, 1.54) is 30.2 Å². The van der Waals surface area contributed by atoms with Gasteiger partial charge in [0, 0.05) is 19.0 Å². The van der Waals surface area contributed by atoms with Crippen LogP contribution in [0.1, 0.15) is 37.6 Å². The lowest BCUT2D eigenvalue weighted by atomic mass is 10.1.